The van der Waals surface area contributed by atoms with E-state index in [2.05, 4.69) is 20.8 Å². The lowest BCUT2D eigenvalue weighted by atomic mass is 10.2. The van der Waals surface area contributed by atoms with Gasteiger partial charge in [-0.3, -0.25) is 14.9 Å². The van der Waals surface area contributed by atoms with E-state index in [0.717, 1.165) is 5.56 Å². The van der Waals surface area contributed by atoms with E-state index in [1.165, 1.54) is 11.0 Å². The van der Waals surface area contributed by atoms with Crippen molar-refractivity contribution in [2.45, 2.75) is 6.54 Å². The molecule has 0 aliphatic heterocycles. The number of imide groups is 1. The summed E-state index contributed by atoms with van der Waals surface area (Å²) in [5.41, 5.74) is 0.889. The van der Waals surface area contributed by atoms with Crippen LogP contribution in [-0.4, -0.2) is 48.3 Å². The van der Waals surface area contributed by atoms with Crippen molar-refractivity contribution in [3.8, 4) is 0 Å². The molecule has 2 N–H and O–H groups in total. The molecule has 0 bridgehead atoms. The van der Waals surface area contributed by atoms with E-state index >= 15 is 0 Å². The van der Waals surface area contributed by atoms with Crippen molar-refractivity contribution in [2.75, 3.05) is 25.1 Å². The highest BCUT2D eigenvalue weighted by Crippen LogP contribution is 2.09. The topological polar surface area (TPSA) is 114 Å². The average Bonchev–Trinajstić information content (AvgIpc) is 2.66. The van der Waals surface area contributed by atoms with Crippen LogP contribution in [0, 0.1) is 0 Å². The Labute approximate surface area is 160 Å². The van der Waals surface area contributed by atoms with E-state index in [1.54, 1.807) is 13.1 Å². The van der Waals surface area contributed by atoms with Crippen LogP contribution in [0.15, 0.2) is 42.5 Å². The molecule has 3 amide bonds. The third-order valence-electron chi connectivity index (χ3n) is 3.29. The number of anilines is 1. The molecule has 1 aromatic carbocycles. The zero-order chi connectivity index (χ0) is 19.6. The van der Waals surface area contributed by atoms with E-state index in [-0.39, 0.29) is 18.2 Å². The van der Waals surface area contributed by atoms with Crippen LogP contribution in [0.25, 0.3) is 0 Å². The molecule has 9 nitrogen and oxygen atoms in total. The molecule has 0 radical (unpaired) electrons. The molecule has 0 aliphatic carbocycles. The van der Waals surface area contributed by atoms with Crippen molar-refractivity contribution in [2.24, 2.45) is 0 Å². The van der Waals surface area contributed by atoms with Gasteiger partial charge in [-0.2, -0.15) is 0 Å². The number of nitrogens with zero attached hydrogens (tertiary/aromatic N) is 3. The number of rotatable bonds is 7. The van der Waals surface area contributed by atoms with E-state index in [1.807, 2.05) is 30.3 Å². The highest BCUT2D eigenvalue weighted by Gasteiger charge is 2.13. The van der Waals surface area contributed by atoms with Gasteiger partial charge in [-0.25, -0.2) is 4.79 Å². The molecule has 2 rings (SSSR count). The van der Waals surface area contributed by atoms with Crippen LogP contribution in [0.1, 0.15) is 5.56 Å². The Hall–Kier alpha value is -3.20. The molecular weight excluding hydrogens is 374 g/mol. The predicted octanol–water partition coefficient (Wildman–Crippen LogP) is 1.14. The van der Waals surface area contributed by atoms with Gasteiger partial charge in [-0.15, -0.1) is 10.2 Å². The first-order valence-corrected chi connectivity index (χ1v) is 8.29. The number of aromatic nitrogens is 2. The van der Waals surface area contributed by atoms with Gasteiger partial charge in [0.1, 0.15) is 6.54 Å². The number of amides is 3. The van der Waals surface area contributed by atoms with Crippen LogP contribution in [0.5, 0.6) is 0 Å². The van der Waals surface area contributed by atoms with E-state index in [4.69, 9.17) is 16.3 Å². The Morgan fingerprint density at radius 3 is 2.52 bits per heavy atom. The minimum absolute atomic E-state index is 0.149. The quantitative estimate of drug-likeness (QED) is 0.680. The van der Waals surface area contributed by atoms with Crippen molar-refractivity contribution in [3.63, 3.8) is 0 Å². The van der Waals surface area contributed by atoms with Gasteiger partial charge in [0.15, 0.2) is 17.6 Å². The Kier molecular flexibility index (Phi) is 7.50. The van der Waals surface area contributed by atoms with Crippen molar-refractivity contribution in [1.29, 1.82) is 0 Å². The van der Waals surface area contributed by atoms with Crippen molar-refractivity contribution in [1.82, 2.24) is 20.8 Å². The molecule has 0 saturated carbocycles. The van der Waals surface area contributed by atoms with Crippen molar-refractivity contribution >= 4 is 35.3 Å². The Morgan fingerprint density at radius 2 is 1.85 bits per heavy atom. The molecule has 2 aromatic rings. The van der Waals surface area contributed by atoms with Crippen LogP contribution in [-0.2, 0) is 20.9 Å². The number of esters is 1. The van der Waals surface area contributed by atoms with Gasteiger partial charge in [0, 0.05) is 13.6 Å². The summed E-state index contributed by atoms with van der Waals surface area (Å²) in [5, 5.41) is 12.3. The number of halogens is 1. The van der Waals surface area contributed by atoms with Crippen LogP contribution < -0.4 is 15.5 Å². The first-order valence-electron chi connectivity index (χ1n) is 7.91. The summed E-state index contributed by atoms with van der Waals surface area (Å²) in [5.74, 6) is -0.974. The molecule has 27 heavy (non-hydrogen) atoms. The first kappa shape index (κ1) is 20.1. The van der Waals surface area contributed by atoms with Gasteiger partial charge in [0.25, 0.3) is 5.91 Å². The summed E-state index contributed by atoms with van der Waals surface area (Å²) in [4.78, 5) is 36.6. The minimum atomic E-state index is -0.733. The Morgan fingerprint density at radius 1 is 1.11 bits per heavy atom. The fraction of sp³-hybridized carbons (Fsp3) is 0.235. The average molecular weight is 392 g/mol. The number of carbonyl (C=O) groups is 3. The fourth-order valence-electron chi connectivity index (χ4n) is 1.96. The molecule has 0 aliphatic rings. The van der Waals surface area contributed by atoms with Crippen LogP contribution >= 0.6 is 11.6 Å². The number of hydrogen-bond acceptors (Lipinski definition) is 7. The van der Waals surface area contributed by atoms with E-state index in [9.17, 15) is 14.4 Å². The van der Waals surface area contributed by atoms with Gasteiger partial charge >= 0.3 is 12.0 Å². The van der Waals surface area contributed by atoms with E-state index < -0.39 is 24.5 Å². The summed E-state index contributed by atoms with van der Waals surface area (Å²) in [7, 11) is 1.61. The minimum Gasteiger partial charge on any atom is -0.454 e. The monoisotopic (exact) mass is 391 g/mol. The highest BCUT2D eigenvalue weighted by molar-refractivity contribution is 6.29. The molecule has 142 valence electrons. The van der Waals surface area contributed by atoms with E-state index in [0.29, 0.717) is 5.82 Å². The number of benzene rings is 1. The molecular formula is C17H18ClN5O4. The van der Waals surface area contributed by atoms with Gasteiger partial charge < -0.3 is 15.0 Å². The maximum absolute atomic E-state index is 11.8. The number of hydrogen-bond donors (Lipinski definition) is 2. The van der Waals surface area contributed by atoms with Crippen LogP contribution in [0.4, 0.5) is 10.6 Å². The molecule has 0 fully saturated rings. The number of ether oxygens (including phenoxy) is 1. The largest absolute Gasteiger partial charge is 0.454 e. The molecule has 0 saturated heterocycles. The van der Waals surface area contributed by atoms with Gasteiger partial charge in [0.05, 0.1) is 0 Å². The van der Waals surface area contributed by atoms with Crippen molar-refractivity contribution in [3.05, 3.63) is 53.2 Å². The lowest BCUT2D eigenvalue weighted by Gasteiger charge is -2.16. The second-order valence-corrected chi connectivity index (χ2v) is 5.83. The maximum atomic E-state index is 11.8. The lowest BCUT2D eigenvalue weighted by Crippen LogP contribution is -2.41. The zero-order valence-electron chi connectivity index (χ0n) is 14.5. The predicted molar refractivity (Wildman–Crippen MR) is 98.1 cm³/mol. The smallest absolute Gasteiger partial charge is 0.326 e. The summed E-state index contributed by atoms with van der Waals surface area (Å²) in [6.45, 7) is -0.450. The number of urea groups is 1. The summed E-state index contributed by atoms with van der Waals surface area (Å²) >= 11 is 5.64. The molecule has 1 aromatic heterocycles. The zero-order valence-corrected chi connectivity index (χ0v) is 15.3. The van der Waals surface area contributed by atoms with Crippen molar-refractivity contribution < 1.29 is 19.1 Å². The highest BCUT2D eigenvalue weighted by atomic mass is 35.5. The first-order chi connectivity index (χ1) is 12.9. The summed E-state index contributed by atoms with van der Waals surface area (Å²) in [6.07, 6.45) is 0. The molecule has 0 unspecified atom stereocenters. The standard InChI is InChI=1S/C17H18ClN5O4/c1-23(14-8-7-13(18)21-22-14)10-16(25)27-11-15(24)20-17(26)19-9-12-5-3-2-4-6-12/h2-8H,9-11H2,1H3,(H2,19,20,24,26). The molecule has 1 heterocycles. The third kappa shape index (κ3) is 7.28. The number of carbonyl (C=O) groups excluding carboxylic acids is 3. The fourth-order valence-corrected chi connectivity index (χ4v) is 2.06. The second kappa shape index (κ2) is 10.1. The van der Waals surface area contributed by atoms with Crippen LogP contribution in [0.3, 0.4) is 0 Å². The Balaban J connectivity index is 1.67. The molecule has 10 heteroatoms. The normalized spacial score (nSPS) is 10.0. The second-order valence-electron chi connectivity index (χ2n) is 5.45. The third-order valence-corrected chi connectivity index (χ3v) is 3.49. The van der Waals surface area contributed by atoms with Gasteiger partial charge in [-0.05, 0) is 17.7 Å². The molecule has 0 spiro atoms. The van der Waals surface area contributed by atoms with Crippen LogP contribution in [0.2, 0.25) is 5.15 Å². The molecule has 0 atom stereocenters. The lowest BCUT2D eigenvalue weighted by molar-refractivity contribution is -0.146. The summed E-state index contributed by atoms with van der Waals surface area (Å²) < 4.78 is 4.84. The number of nitrogens with one attached hydrogen (secondary N) is 2. The SMILES string of the molecule is CN(CC(=O)OCC(=O)NC(=O)NCc1ccccc1)c1ccc(Cl)nn1. The van der Waals surface area contributed by atoms with Gasteiger partial charge in [-0.1, -0.05) is 41.9 Å². The Bertz CT molecular complexity index is 786. The summed E-state index contributed by atoms with van der Waals surface area (Å²) in [6, 6.07) is 11.7. The number of likely N-dealkylation sites (N-methyl/N-ethyl adjacent to an activating group) is 1. The maximum Gasteiger partial charge on any atom is 0.326 e. The van der Waals surface area contributed by atoms with Gasteiger partial charge in [0.2, 0.25) is 0 Å².